The van der Waals surface area contributed by atoms with Gasteiger partial charge in [0.05, 0.1) is 17.5 Å². The molecule has 3 aromatic carbocycles. The van der Waals surface area contributed by atoms with E-state index in [2.05, 4.69) is 96.6 Å². The van der Waals surface area contributed by atoms with Crippen molar-refractivity contribution in [2.24, 2.45) is 0 Å². The van der Waals surface area contributed by atoms with Crippen molar-refractivity contribution in [1.29, 1.82) is 0 Å². The number of benzene rings is 3. The Morgan fingerprint density at radius 1 is 0.760 bits per heavy atom. The maximum atomic E-state index is 2.47. The van der Waals surface area contributed by atoms with Crippen LogP contribution in [0.1, 0.15) is 12.5 Å². The minimum Gasteiger partial charge on any atom is -0.380 e. The fraction of sp³-hybridized carbons (Fsp3) is 0.136. The predicted octanol–water partition coefficient (Wildman–Crippen LogP) is 5.22. The van der Waals surface area contributed by atoms with Crippen molar-refractivity contribution in [2.75, 3.05) is 16.8 Å². The predicted molar refractivity (Wildman–Crippen MR) is 101 cm³/mol. The van der Waals surface area contributed by atoms with Crippen LogP contribution in [0.3, 0.4) is 0 Å². The van der Waals surface area contributed by atoms with Gasteiger partial charge < -0.3 is 9.80 Å². The van der Waals surface area contributed by atoms with Crippen molar-refractivity contribution in [1.82, 2.24) is 0 Å². The van der Waals surface area contributed by atoms with Crippen LogP contribution in [-0.4, -0.2) is 13.2 Å². The van der Waals surface area contributed by atoms with Gasteiger partial charge in [-0.05, 0) is 17.7 Å². The standard InChI is InChI=1S/C22H19N2.Y/c1-15-18-14-17(16-8-4-3-5-9-16)12-13-19(18)24-21-11-7-6-10-20(21)23(2)22(15)24;/h3-14,22H,1-2H3;/q-1;. The van der Waals surface area contributed by atoms with Crippen LogP contribution in [-0.2, 0) is 32.7 Å². The summed E-state index contributed by atoms with van der Waals surface area (Å²) in [6.07, 6.45) is 0.295. The molecule has 1 atom stereocenters. The van der Waals surface area contributed by atoms with Gasteiger partial charge in [-0.1, -0.05) is 72.8 Å². The summed E-state index contributed by atoms with van der Waals surface area (Å²) in [4.78, 5) is 4.85. The number of rotatable bonds is 1. The second-order valence-electron chi connectivity index (χ2n) is 6.62. The van der Waals surface area contributed by atoms with Crippen LogP contribution < -0.4 is 9.80 Å². The SMILES string of the molecule is C[C-]1c2cc(-c3ccccc3)ccc2N2c3ccccc3N(C)C12.[Y]. The molecule has 0 saturated carbocycles. The van der Waals surface area contributed by atoms with Crippen LogP contribution in [0.5, 0.6) is 0 Å². The quantitative estimate of drug-likeness (QED) is 0.517. The van der Waals surface area contributed by atoms with Gasteiger partial charge in [-0.2, -0.15) is 11.6 Å². The summed E-state index contributed by atoms with van der Waals surface area (Å²) in [5.74, 6) is 1.42. The summed E-state index contributed by atoms with van der Waals surface area (Å²) in [6.45, 7) is 2.26. The van der Waals surface area contributed by atoms with Crippen LogP contribution in [0.15, 0.2) is 72.8 Å². The molecule has 0 amide bonds. The summed E-state index contributed by atoms with van der Waals surface area (Å²) in [7, 11) is 2.19. The molecule has 0 fully saturated rings. The van der Waals surface area contributed by atoms with E-state index in [1.807, 2.05) is 0 Å². The fourth-order valence-electron chi connectivity index (χ4n) is 4.16. The van der Waals surface area contributed by atoms with Gasteiger partial charge in [-0.3, -0.25) is 0 Å². The molecule has 2 aliphatic heterocycles. The van der Waals surface area contributed by atoms with Gasteiger partial charge in [0.2, 0.25) is 0 Å². The molecule has 2 nitrogen and oxygen atoms in total. The van der Waals surface area contributed by atoms with Crippen molar-refractivity contribution in [3.05, 3.63) is 84.3 Å². The van der Waals surface area contributed by atoms with Gasteiger partial charge in [-0.15, -0.1) is 5.92 Å². The number of hydrogen-bond acceptors (Lipinski definition) is 2. The molecule has 3 heteroatoms. The van der Waals surface area contributed by atoms with E-state index in [0.29, 0.717) is 6.17 Å². The molecule has 1 unspecified atom stereocenters. The van der Waals surface area contributed by atoms with E-state index in [1.165, 1.54) is 39.7 Å². The smallest absolute Gasteiger partial charge is 0.0719 e. The molecule has 2 aliphatic rings. The molecule has 25 heavy (non-hydrogen) atoms. The van der Waals surface area contributed by atoms with Crippen LogP contribution in [0.4, 0.5) is 17.1 Å². The van der Waals surface area contributed by atoms with Gasteiger partial charge in [-0.25, -0.2) is 0 Å². The third-order valence-corrected chi connectivity index (χ3v) is 5.31. The minimum absolute atomic E-state index is 0. The Labute approximate surface area is 174 Å². The van der Waals surface area contributed by atoms with Crippen molar-refractivity contribution in [3.8, 4) is 11.1 Å². The third kappa shape index (κ3) is 2.35. The Bertz CT molecular complexity index is 922. The summed E-state index contributed by atoms with van der Waals surface area (Å²) < 4.78 is 0. The van der Waals surface area contributed by atoms with E-state index in [-0.39, 0.29) is 32.7 Å². The van der Waals surface area contributed by atoms with Crippen molar-refractivity contribution < 1.29 is 32.7 Å². The molecule has 0 bridgehead atoms. The van der Waals surface area contributed by atoms with Crippen LogP contribution in [0.25, 0.3) is 11.1 Å². The first-order valence-corrected chi connectivity index (χ1v) is 8.40. The first-order valence-electron chi connectivity index (χ1n) is 8.40. The maximum Gasteiger partial charge on any atom is 0.0719 e. The van der Waals surface area contributed by atoms with Gasteiger partial charge >= 0.3 is 0 Å². The number of hydrogen-bond donors (Lipinski definition) is 0. The Morgan fingerprint density at radius 3 is 2.20 bits per heavy atom. The average molecular weight is 400 g/mol. The largest absolute Gasteiger partial charge is 0.380 e. The summed E-state index contributed by atoms with van der Waals surface area (Å²) in [5.41, 5.74) is 7.84. The van der Waals surface area contributed by atoms with E-state index in [4.69, 9.17) is 0 Å². The first-order chi connectivity index (χ1) is 11.8. The Kier molecular flexibility index (Phi) is 4.13. The van der Waals surface area contributed by atoms with Crippen LogP contribution in [0, 0.1) is 5.92 Å². The fourth-order valence-corrected chi connectivity index (χ4v) is 4.16. The van der Waals surface area contributed by atoms with Gasteiger partial charge in [0.1, 0.15) is 0 Å². The molecule has 5 rings (SSSR count). The van der Waals surface area contributed by atoms with E-state index in [9.17, 15) is 0 Å². The monoisotopic (exact) mass is 400 g/mol. The van der Waals surface area contributed by atoms with E-state index < -0.39 is 0 Å². The molecule has 0 N–H and O–H groups in total. The molecular weight excluding hydrogens is 381 g/mol. The molecule has 0 aliphatic carbocycles. The third-order valence-electron chi connectivity index (χ3n) is 5.31. The van der Waals surface area contributed by atoms with Crippen molar-refractivity contribution in [3.63, 3.8) is 0 Å². The number of fused-ring (bicyclic) bond motifs is 5. The first kappa shape index (κ1) is 16.7. The molecule has 2 heterocycles. The maximum absolute atomic E-state index is 2.47. The van der Waals surface area contributed by atoms with Gasteiger partial charge in [0.25, 0.3) is 0 Å². The number of para-hydroxylation sites is 2. The van der Waals surface area contributed by atoms with Gasteiger partial charge in [0.15, 0.2) is 0 Å². The molecule has 0 saturated heterocycles. The number of likely N-dealkylation sites (N-methyl/N-ethyl adjacent to an activating group) is 1. The molecule has 3 aromatic rings. The normalized spacial score (nSPS) is 17.0. The van der Waals surface area contributed by atoms with Gasteiger partial charge in [0, 0.05) is 39.8 Å². The second kappa shape index (κ2) is 6.19. The number of nitrogens with zero attached hydrogens (tertiary/aromatic N) is 2. The summed E-state index contributed by atoms with van der Waals surface area (Å²) >= 11 is 0. The summed E-state index contributed by atoms with van der Waals surface area (Å²) in [5, 5.41) is 0. The van der Waals surface area contributed by atoms with E-state index >= 15 is 0 Å². The van der Waals surface area contributed by atoms with E-state index in [0.717, 1.165) is 0 Å². The number of anilines is 3. The summed E-state index contributed by atoms with van der Waals surface area (Å²) in [6, 6.07) is 26.1. The van der Waals surface area contributed by atoms with Crippen molar-refractivity contribution in [2.45, 2.75) is 13.1 Å². The van der Waals surface area contributed by atoms with Crippen LogP contribution in [0.2, 0.25) is 0 Å². The molecule has 1 radical (unpaired) electrons. The average Bonchev–Trinajstić information content (AvgIpc) is 3.10. The minimum atomic E-state index is 0. The van der Waals surface area contributed by atoms with Crippen molar-refractivity contribution >= 4 is 17.1 Å². The van der Waals surface area contributed by atoms with E-state index in [1.54, 1.807) is 0 Å². The molecule has 0 aromatic heterocycles. The zero-order valence-electron chi connectivity index (χ0n) is 14.5. The topological polar surface area (TPSA) is 6.48 Å². The zero-order valence-corrected chi connectivity index (χ0v) is 17.3. The molecule has 121 valence electrons. The Balaban J connectivity index is 0.00000157. The Hall–Kier alpha value is -1.77. The second-order valence-corrected chi connectivity index (χ2v) is 6.62. The molecular formula is C22H19N2Y-. The zero-order chi connectivity index (χ0) is 16.3. The van der Waals surface area contributed by atoms with Crippen LogP contribution >= 0.6 is 0 Å². The Morgan fingerprint density at radius 2 is 1.44 bits per heavy atom. The molecule has 0 spiro atoms.